The first-order valence-electron chi connectivity index (χ1n) is 6.22. The molecule has 1 aliphatic rings. The molecule has 1 aromatic carbocycles. The lowest BCUT2D eigenvalue weighted by atomic mass is 10.2. The van der Waals surface area contributed by atoms with Gasteiger partial charge in [0.2, 0.25) is 5.91 Å². The zero-order valence-electron chi connectivity index (χ0n) is 10.6. The van der Waals surface area contributed by atoms with Crippen molar-refractivity contribution in [1.82, 2.24) is 9.88 Å². The number of benzene rings is 1. The van der Waals surface area contributed by atoms with Crippen LogP contribution in [0.1, 0.15) is 6.42 Å². The molecule has 4 nitrogen and oxygen atoms in total. The van der Waals surface area contributed by atoms with Crippen LogP contribution in [-0.4, -0.2) is 35.4 Å². The predicted octanol–water partition coefficient (Wildman–Crippen LogP) is 2.64. The van der Waals surface area contributed by atoms with Crippen LogP contribution in [0.4, 0.5) is 5.82 Å². The molecule has 0 radical (unpaired) electrons. The van der Waals surface area contributed by atoms with Crippen molar-refractivity contribution in [2.24, 2.45) is 0 Å². The third-order valence-corrected chi connectivity index (χ3v) is 4.06. The highest BCUT2D eigenvalue weighted by Gasteiger charge is 2.28. The second-order valence-corrected chi connectivity index (χ2v) is 5.61. The number of aromatic nitrogens is 1. The Labute approximate surface area is 119 Å². The summed E-state index contributed by atoms with van der Waals surface area (Å²) in [5.74, 6) is 0.877. The highest BCUT2D eigenvalue weighted by atomic mass is 79.9. The van der Waals surface area contributed by atoms with Crippen molar-refractivity contribution in [1.29, 1.82) is 0 Å². The van der Waals surface area contributed by atoms with Crippen LogP contribution in [0.5, 0.6) is 0 Å². The van der Waals surface area contributed by atoms with Crippen molar-refractivity contribution in [3.63, 3.8) is 0 Å². The van der Waals surface area contributed by atoms with Gasteiger partial charge in [-0.3, -0.25) is 4.79 Å². The van der Waals surface area contributed by atoms with Crippen LogP contribution in [0.3, 0.4) is 0 Å². The summed E-state index contributed by atoms with van der Waals surface area (Å²) < 4.78 is 0.962. The van der Waals surface area contributed by atoms with Crippen molar-refractivity contribution in [2.45, 2.75) is 12.5 Å². The number of pyridine rings is 1. The lowest BCUT2D eigenvalue weighted by Crippen LogP contribution is -2.31. The summed E-state index contributed by atoms with van der Waals surface area (Å²) in [5, 5.41) is 4.30. The van der Waals surface area contributed by atoms with Gasteiger partial charge in [0.25, 0.3) is 0 Å². The van der Waals surface area contributed by atoms with Crippen molar-refractivity contribution in [3.05, 3.63) is 34.8 Å². The Bertz CT molecular complexity index is 644. The quantitative estimate of drug-likeness (QED) is 0.925. The first-order valence-corrected chi connectivity index (χ1v) is 7.01. The van der Waals surface area contributed by atoms with E-state index in [1.165, 1.54) is 0 Å². The molecule has 2 heterocycles. The van der Waals surface area contributed by atoms with E-state index in [1.807, 2.05) is 37.4 Å². The number of rotatable bonds is 2. The second-order valence-electron chi connectivity index (χ2n) is 4.75. The number of halogens is 1. The summed E-state index contributed by atoms with van der Waals surface area (Å²) in [6.07, 6.45) is 0.824. The topological polar surface area (TPSA) is 45.2 Å². The zero-order valence-corrected chi connectivity index (χ0v) is 12.1. The maximum absolute atomic E-state index is 11.9. The zero-order chi connectivity index (χ0) is 13.4. The number of carbonyl (C=O) groups is 1. The Morgan fingerprint density at radius 1 is 1.37 bits per heavy atom. The van der Waals surface area contributed by atoms with Gasteiger partial charge in [-0.2, -0.15) is 0 Å². The predicted molar refractivity (Wildman–Crippen MR) is 79.1 cm³/mol. The molecule has 98 valence electrons. The largest absolute Gasteiger partial charge is 0.358 e. The summed E-state index contributed by atoms with van der Waals surface area (Å²) >= 11 is 3.50. The monoisotopic (exact) mass is 319 g/mol. The van der Waals surface area contributed by atoms with E-state index in [1.54, 1.807) is 4.90 Å². The summed E-state index contributed by atoms with van der Waals surface area (Å²) in [6, 6.07) is 9.74. The van der Waals surface area contributed by atoms with E-state index in [-0.39, 0.29) is 11.9 Å². The molecule has 1 fully saturated rings. The second kappa shape index (κ2) is 4.81. The number of likely N-dealkylation sites (N-methyl/N-ethyl adjacent to an activating group) is 1. The Balaban J connectivity index is 1.90. The number of amides is 1. The summed E-state index contributed by atoms with van der Waals surface area (Å²) in [6.45, 7) is 0.799. The average Bonchev–Trinajstić information content (AvgIpc) is 2.72. The molecule has 3 rings (SSSR count). The lowest BCUT2D eigenvalue weighted by molar-refractivity contribution is -0.127. The normalized spacial score (nSPS) is 19.2. The molecule has 0 unspecified atom stereocenters. The molecular weight excluding hydrogens is 306 g/mol. The number of likely N-dealkylation sites (tertiary alicyclic amines) is 1. The molecule has 1 atom stereocenters. The maximum atomic E-state index is 11.9. The number of hydrogen-bond acceptors (Lipinski definition) is 3. The first kappa shape index (κ1) is 12.4. The molecule has 1 N–H and O–H groups in total. The standard InChI is InChI=1S/C14H14BrN3O/c1-18-8-7-11(14(18)19)16-12-6-5-9-3-2-4-10(15)13(9)17-12/h2-6,11H,7-8H2,1H3,(H,16,17)/t11-/m1/s1. The molecule has 1 aromatic heterocycles. The number of carbonyl (C=O) groups excluding carboxylic acids is 1. The average molecular weight is 320 g/mol. The fourth-order valence-corrected chi connectivity index (χ4v) is 2.80. The van der Waals surface area contributed by atoms with E-state index in [2.05, 4.69) is 26.2 Å². The third kappa shape index (κ3) is 2.30. The van der Waals surface area contributed by atoms with Gasteiger partial charge in [-0.05, 0) is 40.5 Å². The molecular formula is C14H14BrN3O. The molecule has 1 amide bonds. The first-order chi connectivity index (χ1) is 9.15. The van der Waals surface area contributed by atoms with E-state index in [0.29, 0.717) is 0 Å². The fourth-order valence-electron chi connectivity index (χ4n) is 2.33. The van der Waals surface area contributed by atoms with Crippen LogP contribution in [0.15, 0.2) is 34.8 Å². The number of hydrogen-bond donors (Lipinski definition) is 1. The SMILES string of the molecule is CN1CC[C@@H](Nc2ccc3cccc(Br)c3n2)C1=O. The van der Waals surface area contributed by atoms with Crippen molar-refractivity contribution >= 4 is 38.6 Å². The Kier molecular flexibility index (Phi) is 3.14. The van der Waals surface area contributed by atoms with Crippen LogP contribution >= 0.6 is 15.9 Å². The van der Waals surface area contributed by atoms with Gasteiger partial charge in [0.05, 0.1) is 5.52 Å². The summed E-state index contributed by atoms with van der Waals surface area (Å²) in [4.78, 5) is 18.2. The van der Waals surface area contributed by atoms with E-state index < -0.39 is 0 Å². The van der Waals surface area contributed by atoms with E-state index in [9.17, 15) is 4.79 Å². The van der Waals surface area contributed by atoms with Gasteiger partial charge < -0.3 is 10.2 Å². The number of nitrogens with one attached hydrogen (secondary N) is 1. The molecule has 19 heavy (non-hydrogen) atoms. The van der Waals surface area contributed by atoms with Gasteiger partial charge in [0.1, 0.15) is 11.9 Å². The Hall–Kier alpha value is -1.62. The van der Waals surface area contributed by atoms with Crippen LogP contribution in [0.25, 0.3) is 10.9 Å². The molecule has 1 saturated heterocycles. The highest BCUT2D eigenvalue weighted by molar-refractivity contribution is 9.10. The fraction of sp³-hybridized carbons (Fsp3) is 0.286. The molecule has 2 aromatic rings. The van der Waals surface area contributed by atoms with Gasteiger partial charge in [0, 0.05) is 23.5 Å². The van der Waals surface area contributed by atoms with Gasteiger partial charge in [0.15, 0.2) is 0 Å². The number of nitrogens with zero attached hydrogens (tertiary/aromatic N) is 2. The van der Waals surface area contributed by atoms with Gasteiger partial charge in [-0.25, -0.2) is 4.98 Å². The van der Waals surface area contributed by atoms with E-state index >= 15 is 0 Å². The minimum absolute atomic E-state index is 0.133. The minimum atomic E-state index is -0.155. The van der Waals surface area contributed by atoms with Crippen molar-refractivity contribution < 1.29 is 4.79 Å². The Morgan fingerprint density at radius 2 is 2.21 bits per heavy atom. The maximum Gasteiger partial charge on any atom is 0.244 e. The summed E-state index contributed by atoms with van der Waals surface area (Å²) in [7, 11) is 1.83. The molecule has 0 bridgehead atoms. The lowest BCUT2D eigenvalue weighted by Gasteiger charge is -2.13. The third-order valence-electron chi connectivity index (χ3n) is 3.42. The van der Waals surface area contributed by atoms with Crippen molar-refractivity contribution in [3.8, 4) is 0 Å². The smallest absolute Gasteiger partial charge is 0.244 e. The van der Waals surface area contributed by atoms with E-state index in [0.717, 1.165) is 34.2 Å². The number of anilines is 1. The van der Waals surface area contributed by atoms with Crippen LogP contribution in [-0.2, 0) is 4.79 Å². The minimum Gasteiger partial charge on any atom is -0.358 e. The van der Waals surface area contributed by atoms with Crippen molar-refractivity contribution in [2.75, 3.05) is 18.9 Å². The molecule has 0 aliphatic carbocycles. The van der Waals surface area contributed by atoms with E-state index in [4.69, 9.17) is 0 Å². The molecule has 5 heteroatoms. The highest BCUT2D eigenvalue weighted by Crippen LogP contribution is 2.24. The van der Waals surface area contributed by atoms with Gasteiger partial charge in [-0.1, -0.05) is 12.1 Å². The molecule has 0 saturated carbocycles. The van der Waals surface area contributed by atoms with Gasteiger partial charge >= 0.3 is 0 Å². The van der Waals surface area contributed by atoms with Crippen LogP contribution < -0.4 is 5.32 Å². The van der Waals surface area contributed by atoms with Crippen LogP contribution in [0, 0.1) is 0 Å². The summed E-state index contributed by atoms with van der Waals surface area (Å²) in [5.41, 5.74) is 0.909. The molecule has 0 spiro atoms. The van der Waals surface area contributed by atoms with Crippen LogP contribution in [0.2, 0.25) is 0 Å². The number of para-hydroxylation sites is 1. The van der Waals surface area contributed by atoms with Gasteiger partial charge in [-0.15, -0.1) is 0 Å². The Morgan fingerprint density at radius 3 is 2.95 bits per heavy atom. The number of fused-ring (bicyclic) bond motifs is 1. The molecule has 1 aliphatic heterocycles.